The summed E-state index contributed by atoms with van der Waals surface area (Å²) in [5, 5.41) is 3.26. The summed E-state index contributed by atoms with van der Waals surface area (Å²) in [7, 11) is 1.72. The average Bonchev–Trinajstić information content (AvgIpc) is 3.56. The van der Waals surface area contributed by atoms with Crippen LogP contribution in [0.3, 0.4) is 0 Å². The SMILES string of the molecule is COc1ccccc1N1CCN2c3ccccc3C[C@@H](C(=O)NC3CC3)[C@H]2C1. The van der Waals surface area contributed by atoms with E-state index in [1.54, 1.807) is 7.11 Å². The number of methoxy groups -OCH3 is 1. The zero-order valence-electron chi connectivity index (χ0n) is 16.3. The highest BCUT2D eigenvalue weighted by Gasteiger charge is 2.42. The number of amides is 1. The Labute approximate surface area is 166 Å². The summed E-state index contributed by atoms with van der Waals surface area (Å²) < 4.78 is 5.59. The van der Waals surface area contributed by atoms with Crippen molar-refractivity contribution < 1.29 is 9.53 Å². The Balaban J connectivity index is 1.46. The lowest BCUT2D eigenvalue weighted by molar-refractivity contribution is -0.126. The highest BCUT2D eigenvalue weighted by atomic mass is 16.5. The minimum atomic E-state index is -0.0204. The van der Waals surface area contributed by atoms with Gasteiger partial charge in [0.25, 0.3) is 0 Å². The number of ether oxygens (including phenoxy) is 1. The predicted molar refractivity (Wildman–Crippen MR) is 111 cm³/mol. The summed E-state index contributed by atoms with van der Waals surface area (Å²) in [6.45, 7) is 2.66. The minimum Gasteiger partial charge on any atom is -0.495 e. The first-order valence-corrected chi connectivity index (χ1v) is 10.3. The first-order chi connectivity index (χ1) is 13.7. The Morgan fingerprint density at radius 2 is 1.79 bits per heavy atom. The number of hydrogen-bond donors (Lipinski definition) is 1. The van der Waals surface area contributed by atoms with E-state index in [2.05, 4.69) is 51.5 Å². The van der Waals surface area contributed by atoms with E-state index < -0.39 is 0 Å². The fraction of sp³-hybridized carbons (Fsp3) is 0.435. The third-order valence-electron chi connectivity index (χ3n) is 6.31. The molecular formula is C23H27N3O2. The van der Waals surface area contributed by atoms with Crippen LogP contribution in [-0.2, 0) is 11.2 Å². The smallest absolute Gasteiger partial charge is 0.225 e. The number of benzene rings is 2. The highest BCUT2D eigenvalue weighted by molar-refractivity contribution is 5.83. The molecule has 2 aromatic carbocycles. The van der Waals surface area contributed by atoms with Crippen LogP contribution < -0.4 is 19.9 Å². The van der Waals surface area contributed by atoms with Crippen LogP contribution in [0.1, 0.15) is 18.4 Å². The molecule has 0 unspecified atom stereocenters. The van der Waals surface area contributed by atoms with E-state index in [1.165, 1.54) is 11.3 Å². The van der Waals surface area contributed by atoms with Crippen LogP contribution in [0.25, 0.3) is 0 Å². The van der Waals surface area contributed by atoms with Gasteiger partial charge in [0.2, 0.25) is 5.91 Å². The largest absolute Gasteiger partial charge is 0.495 e. The fourth-order valence-electron chi connectivity index (χ4n) is 4.70. The molecule has 0 bridgehead atoms. The number of carbonyl (C=O) groups excluding carboxylic acids is 1. The standard InChI is InChI=1S/C23H27N3O2/c1-28-22-9-5-4-8-20(22)25-12-13-26-19-7-3-2-6-16(19)14-18(21(26)15-25)23(27)24-17-10-11-17/h2-9,17-18,21H,10-15H2,1H3,(H,24,27)/t18-,21-/m1/s1. The van der Waals surface area contributed by atoms with E-state index in [9.17, 15) is 4.79 Å². The van der Waals surface area contributed by atoms with Crippen LogP contribution in [0.5, 0.6) is 5.75 Å². The van der Waals surface area contributed by atoms with Crippen molar-refractivity contribution >= 4 is 17.3 Å². The molecule has 0 aromatic heterocycles. The number of nitrogens with one attached hydrogen (secondary N) is 1. The van der Waals surface area contributed by atoms with Crippen molar-refractivity contribution in [3.63, 3.8) is 0 Å². The molecule has 1 amide bonds. The van der Waals surface area contributed by atoms with Gasteiger partial charge in [-0.1, -0.05) is 30.3 Å². The average molecular weight is 377 g/mol. The Morgan fingerprint density at radius 1 is 1.04 bits per heavy atom. The van der Waals surface area contributed by atoms with Crippen LogP contribution in [0, 0.1) is 5.92 Å². The first-order valence-electron chi connectivity index (χ1n) is 10.3. The quantitative estimate of drug-likeness (QED) is 0.890. The zero-order valence-corrected chi connectivity index (χ0v) is 16.3. The van der Waals surface area contributed by atoms with Gasteiger partial charge < -0.3 is 19.9 Å². The topological polar surface area (TPSA) is 44.8 Å². The molecule has 1 aliphatic carbocycles. The van der Waals surface area contributed by atoms with Crippen molar-refractivity contribution in [3.8, 4) is 5.75 Å². The van der Waals surface area contributed by atoms with Crippen molar-refractivity contribution in [1.29, 1.82) is 0 Å². The molecule has 28 heavy (non-hydrogen) atoms. The van der Waals surface area contributed by atoms with E-state index in [-0.39, 0.29) is 17.9 Å². The van der Waals surface area contributed by atoms with Gasteiger partial charge in [0.1, 0.15) is 5.75 Å². The second-order valence-corrected chi connectivity index (χ2v) is 8.10. The van der Waals surface area contributed by atoms with Crippen LogP contribution in [0.4, 0.5) is 11.4 Å². The maximum Gasteiger partial charge on any atom is 0.225 e. The van der Waals surface area contributed by atoms with Gasteiger partial charge in [0.05, 0.1) is 24.8 Å². The molecule has 2 fully saturated rings. The van der Waals surface area contributed by atoms with Crippen LogP contribution in [0.15, 0.2) is 48.5 Å². The third kappa shape index (κ3) is 3.09. The molecule has 0 radical (unpaired) electrons. The van der Waals surface area contributed by atoms with Gasteiger partial charge >= 0.3 is 0 Å². The Hall–Kier alpha value is -2.69. The van der Waals surface area contributed by atoms with Crippen LogP contribution >= 0.6 is 0 Å². The lowest BCUT2D eigenvalue weighted by Gasteiger charge is -2.49. The molecule has 2 aliphatic heterocycles. The minimum absolute atomic E-state index is 0.0204. The maximum absolute atomic E-state index is 13.1. The van der Waals surface area contributed by atoms with E-state index >= 15 is 0 Å². The van der Waals surface area contributed by atoms with Gasteiger partial charge in [-0.15, -0.1) is 0 Å². The molecule has 3 aliphatic rings. The molecule has 2 atom stereocenters. The molecule has 5 nitrogen and oxygen atoms in total. The first kappa shape index (κ1) is 17.4. The van der Waals surface area contributed by atoms with Gasteiger partial charge in [-0.25, -0.2) is 0 Å². The fourth-order valence-corrected chi connectivity index (χ4v) is 4.70. The third-order valence-corrected chi connectivity index (χ3v) is 6.31. The monoisotopic (exact) mass is 377 g/mol. The summed E-state index contributed by atoms with van der Waals surface area (Å²) >= 11 is 0. The summed E-state index contributed by atoms with van der Waals surface area (Å²) in [6.07, 6.45) is 3.06. The summed E-state index contributed by atoms with van der Waals surface area (Å²) in [5.41, 5.74) is 3.70. The van der Waals surface area contributed by atoms with Crippen molar-refractivity contribution in [2.45, 2.75) is 31.3 Å². The molecule has 2 heterocycles. The Morgan fingerprint density at radius 3 is 2.57 bits per heavy atom. The molecule has 5 heteroatoms. The molecule has 0 spiro atoms. The van der Waals surface area contributed by atoms with E-state index in [4.69, 9.17) is 4.74 Å². The van der Waals surface area contributed by atoms with Crippen molar-refractivity contribution in [2.24, 2.45) is 5.92 Å². The number of rotatable bonds is 4. The number of anilines is 2. The van der Waals surface area contributed by atoms with Gasteiger partial charge in [-0.3, -0.25) is 4.79 Å². The summed E-state index contributed by atoms with van der Waals surface area (Å²) in [5.74, 6) is 1.09. The predicted octanol–water partition coefficient (Wildman–Crippen LogP) is 2.84. The zero-order chi connectivity index (χ0) is 19.1. The second-order valence-electron chi connectivity index (χ2n) is 8.10. The second kappa shape index (κ2) is 7.04. The molecule has 1 N–H and O–H groups in total. The maximum atomic E-state index is 13.1. The summed E-state index contributed by atoms with van der Waals surface area (Å²) in [4.78, 5) is 17.9. The molecule has 1 saturated carbocycles. The molecule has 5 rings (SSSR count). The van der Waals surface area contributed by atoms with Crippen molar-refractivity contribution in [2.75, 3.05) is 36.5 Å². The molecule has 2 aromatic rings. The van der Waals surface area contributed by atoms with Crippen molar-refractivity contribution in [1.82, 2.24) is 5.32 Å². The molecule has 146 valence electrons. The number of nitrogens with zero attached hydrogens (tertiary/aromatic N) is 2. The summed E-state index contributed by atoms with van der Waals surface area (Å²) in [6, 6.07) is 17.3. The highest BCUT2D eigenvalue weighted by Crippen LogP contribution is 2.38. The van der Waals surface area contributed by atoms with Gasteiger partial charge in [0.15, 0.2) is 0 Å². The van der Waals surface area contributed by atoms with Crippen LogP contribution in [-0.4, -0.2) is 44.7 Å². The lowest BCUT2D eigenvalue weighted by atomic mass is 9.83. The van der Waals surface area contributed by atoms with E-state index in [0.29, 0.717) is 6.04 Å². The van der Waals surface area contributed by atoms with Crippen LogP contribution in [0.2, 0.25) is 0 Å². The van der Waals surface area contributed by atoms with Gasteiger partial charge in [-0.2, -0.15) is 0 Å². The lowest BCUT2D eigenvalue weighted by Crippen LogP contribution is -2.61. The van der Waals surface area contributed by atoms with E-state index in [0.717, 1.165) is 50.3 Å². The molecule has 1 saturated heterocycles. The Kier molecular flexibility index (Phi) is 4.38. The van der Waals surface area contributed by atoms with Gasteiger partial charge in [-0.05, 0) is 43.0 Å². The van der Waals surface area contributed by atoms with E-state index in [1.807, 2.05) is 12.1 Å². The van der Waals surface area contributed by atoms with Crippen molar-refractivity contribution in [3.05, 3.63) is 54.1 Å². The number of piperazine rings is 1. The number of para-hydroxylation sites is 3. The molecular weight excluding hydrogens is 350 g/mol. The number of fused-ring (bicyclic) bond motifs is 3. The van der Waals surface area contributed by atoms with Gasteiger partial charge in [0, 0.05) is 31.4 Å². The Bertz CT molecular complexity index is 880. The number of carbonyl (C=O) groups is 1. The number of hydrogen-bond acceptors (Lipinski definition) is 4. The normalized spacial score (nSPS) is 23.6.